The summed E-state index contributed by atoms with van der Waals surface area (Å²) in [6.45, 7) is -0.386. The molecule has 10 heteroatoms. The third-order valence-corrected chi connectivity index (χ3v) is 4.27. The van der Waals surface area contributed by atoms with Crippen LogP contribution in [0.1, 0.15) is 10.5 Å². The van der Waals surface area contributed by atoms with E-state index in [0.717, 1.165) is 4.68 Å². The molecular weight excluding hydrogens is 407 g/mol. The first kappa shape index (κ1) is 19.7. The molecule has 0 aliphatic heterocycles. The Balaban J connectivity index is 1.66. The molecule has 0 saturated heterocycles. The summed E-state index contributed by atoms with van der Waals surface area (Å²) in [6, 6.07) is 11.1. The summed E-state index contributed by atoms with van der Waals surface area (Å²) in [5.41, 5.74) is 4.14. The number of hydrogen-bond acceptors (Lipinski definition) is 5. The Bertz CT molecular complexity index is 1130. The van der Waals surface area contributed by atoms with Crippen LogP contribution in [0.15, 0.2) is 47.3 Å². The second-order valence-electron chi connectivity index (χ2n) is 5.69. The van der Waals surface area contributed by atoms with Gasteiger partial charge in [-0.15, -0.1) is 0 Å². The van der Waals surface area contributed by atoms with E-state index in [2.05, 4.69) is 16.0 Å². The Labute approximate surface area is 169 Å². The first-order valence-electron chi connectivity index (χ1n) is 8.00. The molecule has 0 spiro atoms. The van der Waals surface area contributed by atoms with Crippen molar-refractivity contribution in [2.75, 3.05) is 6.61 Å². The molecule has 1 heterocycles. The number of carbonyl (C=O) groups excluding carboxylic acids is 2. The van der Waals surface area contributed by atoms with Crippen LogP contribution in [-0.2, 0) is 11.8 Å². The minimum absolute atomic E-state index is 0.000311. The summed E-state index contributed by atoms with van der Waals surface area (Å²) in [6.07, 6.45) is 0. The van der Waals surface area contributed by atoms with Crippen molar-refractivity contribution >= 4 is 45.8 Å². The standard InChI is InChI=1S/C18H14Cl2N4O4/c1-24-18(27)12-5-3-2-4-11(12)16(23-24)17(26)22-21-15(25)9-28-14-7-6-10(19)8-13(14)20/h2-8H,9H2,1H3,(H,21,25)(H,22,26). The zero-order valence-electron chi connectivity index (χ0n) is 14.5. The van der Waals surface area contributed by atoms with Crippen molar-refractivity contribution in [2.24, 2.45) is 7.05 Å². The van der Waals surface area contributed by atoms with Gasteiger partial charge in [-0.25, -0.2) is 4.68 Å². The molecule has 28 heavy (non-hydrogen) atoms. The van der Waals surface area contributed by atoms with Gasteiger partial charge in [0, 0.05) is 17.5 Å². The van der Waals surface area contributed by atoms with Crippen molar-refractivity contribution in [1.29, 1.82) is 0 Å². The molecule has 0 aliphatic rings. The lowest BCUT2D eigenvalue weighted by molar-refractivity contribution is -0.123. The monoisotopic (exact) mass is 420 g/mol. The highest BCUT2D eigenvalue weighted by atomic mass is 35.5. The number of aryl methyl sites for hydroxylation is 1. The van der Waals surface area contributed by atoms with Crippen LogP contribution in [0.2, 0.25) is 10.0 Å². The van der Waals surface area contributed by atoms with E-state index in [-0.39, 0.29) is 28.6 Å². The molecule has 2 N–H and O–H groups in total. The highest BCUT2D eigenvalue weighted by molar-refractivity contribution is 6.35. The summed E-state index contributed by atoms with van der Waals surface area (Å²) in [7, 11) is 1.44. The molecule has 2 aromatic carbocycles. The van der Waals surface area contributed by atoms with Crippen molar-refractivity contribution in [1.82, 2.24) is 20.6 Å². The highest BCUT2D eigenvalue weighted by Crippen LogP contribution is 2.27. The van der Waals surface area contributed by atoms with Crippen molar-refractivity contribution in [3.05, 3.63) is 68.6 Å². The van der Waals surface area contributed by atoms with E-state index in [1.165, 1.54) is 19.2 Å². The molecule has 144 valence electrons. The van der Waals surface area contributed by atoms with Gasteiger partial charge >= 0.3 is 0 Å². The molecule has 3 aromatic rings. The lowest BCUT2D eigenvalue weighted by Gasteiger charge is -2.11. The number of fused-ring (bicyclic) bond motifs is 1. The normalized spacial score (nSPS) is 10.5. The van der Waals surface area contributed by atoms with Crippen molar-refractivity contribution in [3.8, 4) is 5.75 Å². The van der Waals surface area contributed by atoms with E-state index in [1.807, 2.05) is 0 Å². The van der Waals surface area contributed by atoms with Crippen molar-refractivity contribution in [2.45, 2.75) is 0 Å². The van der Waals surface area contributed by atoms with Crippen LogP contribution in [0.5, 0.6) is 5.75 Å². The Hall–Kier alpha value is -3.10. The lowest BCUT2D eigenvalue weighted by atomic mass is 10.1. The average molecular weight is 421 g/mol. The van der Waals surface area contributed by atoms with E-state index < -0.39 is 11.8 Å². The SMILES string of the molecule is Cn1nc(C(=O)NNC(=O)COc2ccc(Cl)cc2Cl)c2ccccc2c1=O. The molecule has 2 amide bonds. The van der Waals surface area contributed by atoms with Gasteiger partial charge in [-0.1, -0.05) is 41.4 Å². The minimum atomic E-state index is -0.676. The smallest absolute Gasteiger partial charge is 0.290 e. The molecule has 0 unspecified atom stereocenters. The Morgan fingerprint density at radius 3 is 2.54 bits per heavy atom. The lowest BCUT2D eigenvalue weighted by Crippen LogP contribution is -2.44. The van der Waals surface area contributed by atoms with E-state index in [0.29, 0.717) is 15.8 Å². The number of halogens is 2. The van der Waals surface area contributed by atoms with Gasteiger partial charge in [-0.2, -0.15) is 5.10 Å². The Morgan fingerprint density at radius 1 is 1.11 bits per heavy atom. The molecule has 3 rings (SSSR count). The number of carbonyl (C=O) groups is 2. The van der Waals surface area contributed by atoms with Gasteiger partial charge in [0.1, 0.15) is 5.75 Å². The predicted molar refractivity (Wildman–Crippen MR) is 105 cm³/mol. The topological polar surface area (TPSA) is 102 Å². The van der Waals surface area contributed by atoms with Gasteiger partial charge in [0.2, 0.25) is 0 Å². The van der Waals surface area contributed by atoms with Crippen LogP contribution in [-0.4, -0.2) is 28.2 Å². The van der Waals surface area contributed by atoms with Crippen LogP contribution in [0.4, 0.5) is 0 Å². The molecule has 0 fully saturated rings. The molecule has 0 saturated carbocycles. The van der Waals surface area contributed by atoms with Crippen LogP contribution in [0.25, 0.3) is 10.8 Å². The van der Waals surface area contributed by atoms with Gasteiger partial charge in [0.15, 0.2) is 12.3 Å². The highest BCUT2D eigenvalue weighted by Gasteiger charge is 2.16. The number of ether oxygens (including phenoxy) is 1. The molecule has 0 atom stereocenters. The first-order valence-corrected chi connectivity index (χ1v) is 8.75. The Morgan fingerprint density at radius 2 is 1.82 bits per heavy atom. The van der Waals surface area contributed by atoms with Crippen LogP contribution in [0.3, 0.4) is 0 Å². The summed E-state index contributed by atoms with van der Waals surface area (Å²) in [4.78, 5) is 36.4. The number of hydrogen-bond donors (Lipinski definition) is 2. The largest absolute Gasteiger partial charge is 0.482 e. The van der Waals surface area contributed by atoms with Gasteiger partial charge in [0.25, 0.3) is 17.4 Å². The third kappa shape index (κ3) is 4.24. The van der Waals surface area contributed by atoms with Crippen LogP contribution >= 0.6 is 23.2 Å². The second-order valence-corrected chi connectivity index (χ2v) is 6.53. The van der Waals surface area contributed by atoms with E-state index in [4.69, 9.17) is 27.9 Å². The van der Waals surface area contributed by atoms with Crippen LogP contribution < -0.4 is 21.1 Å². The molecule has 0 bridgehead atoms. The fraction of sp³-hybridized carbons (Fsp3) is 0.111. The maximum absolute atomic E-state index is 12.4. The van der Waals surface area contributed by atoms with Crippen LogP contribution in [0, 0.1) is 0 Å². The maximum Gasteiger partial charge on any atom is 0.290 e. The number of nitrogens with zero attached hydrogens (tertiary/aromatic N) is 2. The van der Waals surface area contributed by atoms with Gasteiger partial charge in [-0.05, 0) is 24.3 Å². The summed E-state index contributed by atoms with van der Waals surface area (Å²) >= 11 is 11.7. The summed E-state index contributed by atoms with van der Waals surface area (Å²) in [5.74, 6) is -1.02. The van der Waals surface area contributed by atoms with Gasteiger partial charge in [-0.3, -0.25) is 25.2 Å². The molecule has 0 aliphatic carbocycles. The van der Waals surface area contributed by atoms with Crippen molar-refractivity contribution < 1.29 is 14.3 Å². The number of rotatable bonds is 4. The maximum atomic E-state index is 12.4. The summed E-state index contributed by atoms with van der Waals surface area (Å²) < 4.78 is 6.34. The van der Waals surface area contributed by atoms with E-state index in [1.54, 1.807) is 30.3 Å². The number of benzene rings is 2. The average Bonchev–Trinajstić information content (AvgIpc) is 2.68. The summed E-state index contributed by atoms with van der Waals surface area (Å²) in [5, 5.41) is 5.38. The number of nitrogens with one attached hydrogen (secondary N) is 2. The number of amides is 2. The van der Waals surface area contributed by atoms with Gasteiger partial charge < -0.3 is 4.74 Å². The van der Waals surface area contributed by atoms with E-state index in [9.17, 15) is 14.4 Å². The molecule has 8 nitrogen and oxygen atoms in total. The zero-order chi connectivity index (χ0) is 20.3. The minimum Gasteiger partial charge on any atom is -0.482 e. The third-order valence-electron chi connectivity index (χ3n) is 3.74. The molecule has 1 aromatic heterocycles. The molecular formula is C18H14Cl2N4O4. The second kappa shape index (κ2) is 8.28. The zero-order valence-corrected chi connectivity index (χ0v) is 16.0. The quantitative estimate of drug-likeness (QED) is 0.629. The fourth-order valence-corrected chi connectivity index (χ4v) is 2.89. The Kier molecular flexibility index (Phi) is 5.81. The van der Waals surface area contributed by atoms with Gasteiger partial charge in [0.05, 0.1) is 10.4 Å². The predicted octanol–water partition coefficient (Wildman–Crippen LogP) is 2.08. The fourth-order valence-electron chi connectivity index (χ4n) is 2.42. The molecule has 0 radical (unpaired) electrons. The number of aromatic nitrogens is 2. The number of hydrazine groups is 1. The van der Waals surface area contributed by atoms with E-state index >= 15 is 0 Å². The first-order chi connectivity index (χ1) is 13.4. The van der Waals surface area contributed by atoms with Crippen molar-refractivity contribution in [3.63, 3.8) is 0 Å².